The van der Waals surface area contributed by atoms with Crippen molar-refractivity contribution in [2.75, 3.05) is 11.4 Å². The first-order valence-corrected chi connectivity index (χ1v) is 6.49. The molecule has 3 heteroatoms. The van der Waals surface area contributed by atoms with Crippen LogP contribution in [0.4, 0.5) is 11.4 Å². The van der Waals surface area contributed by atoms with Gasteiger partial charge in [0, 0.05) is 17.3 Å². The van der Waals surface area contributed by atoms with E-state index in [1.807, 2.05) is 36.4 Å². The van der Waals surface area contributed by atoms with E-state index in [0.717, 1.165) is 33.5 Å². The van der Waals surface area contributed by atoms with Crippen LogP contribution in [0.1, 0.15) is 5.56 Å². The monoisotopic (exact) mass is 275 g/mol. The molecular weight excluding hydrogens is 265 g/mol. The lowest BCUT2D eigenvalue weighted by Gasteiger charge is -2.29. The zero-order valence-electron chi connectivity index (χ0n) is 9.61. The van der Waals surface area contributed by atoms with Crippen LogP contribution >= 0.6 is 23.2 Å². The van der Waals surface area contributed by atoms with Crippen molar-refractivity contribution in [2.24, 2.45) is 0 Å². The highest BCUT2D eigenvalue weighted by Gasteiger charge is 2.17. The molecule has 0 unspecified atom stereocenters. The van der Waals surface area contributed by atoms with Crippen molar-refractivity contribution in [2.45, 2.75) is 0 Å². The SMILES string of the molecule is Clc1cccc(N2CC=Cc3cccc(Cl)c32)c1. The van der Waals surface area contributed by atoms with Crippen LogP contribution in [0.5, 0.6) is 0 Å². The largest absolute Gasteiger partial charge is 0.336 e. The van der Waals surface area contributed by atoms with Crippen molar-refractivity contribution in [1.82, 2.24) is 0 Å². The molecule has 0 N–H and O–H groups in total. The predicted molar refractivity (Wildman–Crippen MR) is 78.9 cm³/mol. The van der Waals surface area contributed by atoms with Gasteiger partial charge in [-0.25, -0.2) is 0 Å². The van der Waals surface area contributed by atoms with Gasteiger partial charge >= 0.3 is 0 Å². The van der Waals surface area contributed by atoms with E-state index in [1.54, 1.807) is 0 Å². The summed E-state index contributed by atoms with van der Waals surface area (Å²) in [6, 6.07) is 13.8. The molecule has 1 heterocycles. The van der Waals surface area contributed by atoms with Crippen LogP contribution in [0.25, 0.3) is 6.08 Å². The molecule has 0 radical (unpaired) electrons. The predicted octanol–water partition coefficient (Wildman–Crippen LogP) is 5.16. The second kappa shape index (κ2) is 4.68. The molecule has 0 bridgehead atoms. The average molecular weight is 276 g/mol. The smallest absolute Gasteiger partial charge is 0.0676 e. The van der Waals surface area contributed by atoms with Crippen LogP contribution in [0.15, 0.2) is 48.5 Å². The molecule has 90 valence electrons. The van der Waals surface area contributed by atoms with Crippen molar-refractivity contribution >= 4 is 40.7 Å². The second-order valence-electron chi connectivity index (χ2n) is 4.17. The number of fused-ring (bicyclic) bond motifs is 1. The van der Waals surface area contributed by atoms with E-state index in [2.05, 4.69) is 23.1 Å². The summed E-state index contributed by atoms with van der Waals surface area (Å²) >= 11 is 12.4. The summed E-state index contributed by atoms with van der Waals surface area (Å²) in [5.41, 5.74) is 3.24. The minimum Gasteiger partial charge on any atom is -0.336 e. The molecule has 3 rings (SSSR count). The molecule has 2 aromatic rings. The number of anilines is 2. The summed E-state index contributed by atoms with van der Waals surface area (Å²) in [6.45, 7) is 0.803. The Labute approximate surface area is 116 Å². The zero-order valence-corrected chi connectivity index (χ0v) is 11.1. The van der Waals surface area contributed by atoms with Crippen molar-refractivity contribution in [1.29, 1.82) is 0 Å². The maximum absolute atomic E-state index is 6.32. The Hall–Kier alpha value is -1.44. The molecule has 0 fully saturated rings. The Morgan fingerprint density at radius 1 is 1.00 bits per heavy atom. The Morgan fingerprint density at radius 2 is 1.83 bits per heavy atom. The summed E-state index contributed by atoms with van der Waals surface area (Å²) in [5.74, 6) is 0. The third kappa shape index (κ3) is 2.00. The molecule has 1 aliphatic heterocycles. The van der Waals surface area contributed by atoms with Gasteiger partial charge in [-0.1, -0.05) is 53.6 Å². The van der Waals surface area contributed by atoms with Crippen molar-refractivity contribution in [3.63, 3.8) is 0 Å². The van der Waals surface area contributed by atoms with Crippen LogP contribution < -0.4 is 4.90 Å². The fourth-order valence-electron chi connectivity index (χ4n) is 2.21. The van der Waals surface area contributed by atoms with Gasteiger partial charge < -0.3 is 4.90 Å². The quantitative estimate of drug-likeness (QED) is 0.695. The minimum absolute atomic E-state index is 0.732. The molecule has 1 aliphatic rings. The van der Waals surface area contributed by atoms with Gasteiger partial charge in [-0.3, -0.25) is 0 Å². The van der Waals surface area contributed by atoms with E-state index >= 15 is 0 Å². The van der Waals surface area contributed by atoms with E-state index in [-0.39, 0.29) is 0 Å². The summed E-state index contributed by atoms with van der Waals surface area (Å²) in [5, 5.41) is 1.49. The third-order valence-electron chi connectivity index (χ3n) is 2.99. The first kappa shape index (κ1) is 11.6. The van der Waals surface area contributed by atoms with Crippen LogP contribution in [-0.2, 0) is 0 Å². The Kier molecular flexibility index (Phi) is 3.02. The third-order valence-corrected chi connectivity index (χ3v) is 3.53. The molecule has 0 aliphatic carbocycles. The molecule has 0 saturated heterocycles. The molecule has 0 aromatic heterocycles. The standard InChI is InChI=1S/C15H11Cl2N/c16-12-6-2-7-13(10-12)18-9-3-5-11-4-1-8-14(17)15(11)18/h1-8,10H,9H2. The summed E-state index contributed by atoms with van der Waals surface area (Å²) in [7, 11) is 0. The Balaban J connectivity index is 2.14. The summed E-state index contributed by atoms with van der Waals surface area (Å²) < 4.78 is 0. The topological polar surface area (TPSA) is 3.24 Å². The molecule has 1 nitrogen and oxygen atoms in total. The van der Waals surface area contributed by atoms with E-state index in [0.29, 0.717) is 0 Å². The minimum atomic E-state index is 0.732. The molecule has 0 amide bonds. The highest BCUT2D eigenvalue weighted by molar-refractivity contribution is 6.34. The van der Waals surface area contributed by atoms with Crippen LogP contribution in [0.3, 0.4) is 0 Å². The van der Waals surface area contributed by atoms with Gasteiger partial charge in [-0.15, -0.1) is 0 Å². The number of halogens is 2. The Bertz CT molecular complexity index is 620. The van der Waals surface area contributed by atoms with Gasteiger partial charge in [-0.05, 0) is 29.8 Å². The summed E-state index contributed by atoms with van der Waals surface area (Å²) in [4.78, 5) is 2.17. The lowest BCUT2D eigenvalue weighted by molar-refractivity contribution is 1.08. The van der Waals surface area contributed by atoms with Gasteiger partial charge in [0.05, 0.1) is 10.7 Å². The van der Waals surface area contributed by atoms with Crippen molar-refractivity contribution < 1.29 is 0 Å². The fraction of sp³-hybridized carbons (Fsp3) is 0.0667. The molecule has 0 spiro atoms. The normalized spacial score (nSPS) is 13.6. The number of nitrogens with zero attached hydrogens (tertiary/aromatic N) is 1. The second-order valence-corrected chi connectivity index (χ2v) is 5.01. The van der Waals surface area contributed by atoms with Crippen LogP contribution in [0.2, 0.25) is 10.0 Å². The van der Waals surface area contributed by atoms with E-state index < -0.39 is 0 Å². The van der Waals surface area contributed by atoms with Gasteiger partial charge in [0.25, 0.3) is 0 Å². The van der Waals surface area contributed by atoms with Gasteiger partial charge in [-0.2, -0.15) is 0 Å². The maximum atomic E-state index is 6.32. The number of hydrogen-bond acceptors (Lipinski definition) is 1. The molecular formula is C15H11Cl2N. The maximum Gasteiger partial charge on any atom is 0.0676 e. The number of benzene rings is 2. The van der Waals surface area contributed by atoms with Gasteiger partial charge in [0.1, 0.15) is 0 Å². The number of rotatable bonds is 1. The van der Waals surface area contributed by atoms with E-state index in [9.17, 15) is 0 Å². The number of para-hydroxylation sites is 1. The lowest BCUT2D eigenvalue weighted by Crippen LogP contribution is -2.20. The van der Waals surface area contributed by atoms with Crippen LogP contribution in [-0.4, -0.2) is 6.54 Å². The molecule has 2 aromatic carbocycles. The number of hydrogen-bond donors (Lipinski definition) is 0. The van der Waals surface area contributed by atoms with E-state index in [4.69, 9.17) is 23.2 Å². The first-order valence-electron chi connectivity index (χ1n) is 5.74. The molecule has 0 saturated carbocycles. The highest BCUT2D eigenvalue weighted by Crippen LogP contribution is 2.38. The Morgan fingerprint density at radius 3 is 2.67 bits per heavy atom. The van der Waals surface area contributed by atoms with Crippen LogP contribution in [0, 0.1) is 0 Å². The molecule has 18 heavy (non-hydrogen) atoms. The van der Waals surface area contributed by atoms with Gasteiger partial charge in [0.15, 0.2) is 0 Å². The first-order chi connectivity index (χ1) is 8.75. The fourth-order valence-corrected chi connectivity index (χ4v) is 2.67. The summed E-state index contributed by atoms with van der Waals surface area (Å²) in [6.07, 6.45) is 4.22. The van der Waals surface area contributed by atoms with E-state index in [1.165, 1.54) is 0 Å². The van der Waals surface area contributed by atoms with Gasteiger partial charge in [0.2, 0.25) is 0 Å². The zero-order chi connectivity index (χ0) is 12.5. The lowest BCUT2D eigenvalue weighted by atomic mass is 10.1. The molecule has 0 atom stereocenters. The van der Waals surface area contributed by atoms with Crippen molar-refractivity contribution in [3.8, 4) is 0 Å². The average Bonchev–Trinajstić information content (AvgIpc) is 2.38. The highest BCUT2D eigenvalue weighted by atomic mass is 35.5. The van der Waals surface area contributed by atoms with Crippen molar-refractivity contribution in [3.05, 3.63) is 64.1 Å².